The van der Waals surface area contributed by atoms with E-state index in [0.29, 0.717) is 12.2 Å². The number of hydrogen-bond donors (Lipinski definition) is 0. The van der Waals surface area contributed by atoms with Crippen molar-refractivity contribution >= 4 is 16.7 Å². The fourth-order valence-corrected chi connectivity index (χ4v) is 3.24. The van der Waals surface area contributed by atoms with Crippen LogP contribution < -0.4 is 0 Å². The van der Waals surface area contributed by atoms with Gasteiger partial charge in [0.05, 0.1) is 11.2 Å². The van der Waals surface area contributed by atoms with Crippen molar-refractivity contribution in [3.63, 3.8) is 0 Å². The number of Topliss-reactive ketones (excluding diaryl/α,β-unsaturated/α-hetero) is 1. The van der Waals surface area contributed by atoms with Crippen LogP contribution >= 0.6 is 0 Å². The van der Waals surface area contributed by atoms with Crippen molar-refractivity contribution in [2.75, 3.05) is 13.1 Å². The highest BCUT2D eigenvalue weighted by molar-refractivity contribution is 5.83. The van der Waals surface area contributed by atoms with E-state index in [-0.39, 0.29) is 5.92 Å². The number of carbonyl (C=O) groups excluding carboxylic acids is 1. The fourth-order valence-electron chi connectivity index (χ4n) is 3.24. The Kier molecular flexibility index (Phi) is 4.06. The predicted molar refractivity (Wildman–Crippen MR) is 84.1 cm³/mol. The Morgan fingerprint density at radius 2 is 2.10 bits per heavy atom. The highest BCUT2D eigenvalue weighted by Crippen LogP contribution is 2.23. The highest BCUT2D eigenvalue weighted by atomic mass is 16.1. The quantitative estimate of drug-likeness (QED) is 0.867. The van der Waals surface area contributed by atoms with Crippen LogP contribution in [0.1, 0.15) is 32.4 Å². The molecule has 0 N–H and O–H groups in total. The van der Waals surface area contributed by atoms with E-state index in [1.807, 2.05) is 0 Å². The zero-order chi connectivity index (χ0) is 14.8. The van der Waals surface area contributed by atoms with E-state index in [1.54, 1.807) is 0 Å². The summed E-state index contributed by atoms with van der Waals surface area (Å²) in [5.74, 6) is 0.635. The molecule has 0 spiro atoms. The molecule has 1 aliphatic heterocycles. The molecule has 0 amide bonds. The van der Waals surface area contributed by atoms with Crippen molar-refractivity contribution in [3.8, 4) is 0 Å². The summed E-state index contributed by atoms with van der Waals surface area (Å²) < 4.78 is 2.07. The first-order valence-corrected chi connectivity index (χ1v) is 7.92. The number of likely N-dealkylation sites (tertiary alicyclic amines) is 1. The molecule has 1 aromatic heterocycles. The molecule has 1 saturated heterocycles. The molecule has 3 rings (SSSR count). The fraction of sp³-hybridized carbons (Fsp3) is 0.529. The van der Waals surface area contributed by atoms with Crippen LogP contribution in [0.15, 0.2) is 24.3 Å². The minimum Gasteiger partial charge on any atom is -0.299 e. The second-order valence-corrected chi connectivity index (χ2v) is 5.84. The minimum absolute atomic E-state index is 0.207. The van der Waals surface area contributed by atoms with Gasteiger partial charge in [-0.15, -0.1) is 0 Å². The Labute approximate surface area is 125 Å². The number of aromatic nitrogens is 2. The van der Waals surface area contributed by atoms with E-state index >= 15 is 0 Å². The summed E-state index contributed by atoms with van der Waals surface area (Å²) in [7, 11) is 0. The predicted octanol–water partition coefficient (Wildman–Crippen LogP) is 2.86. The third kappa shape index (κ3) is 2.72. The van der Waals surface area contributed by atoms with Crippen LogP contribution in [0, 0.1) is 5.92 Å². The van der Waals surface area contributed by atoms with E-state index in [9.17, 15) is 4.79 Å². The molecule has 2 heterocycles. The van der Waals surface area contributed by atoms with Gasteiger partial charge in [-0.05, 0) is 19.4 Å². The summed E-state index contributed by atoms with van der Waals surface area (Å²) in [4.78, 5) is 14.2. The van der Waals surface area contributed by atoms with Gasteiger partial charge < -0.3 is 0 Å². The van der Waals surface area contributed by atoms with Gasteiger partial charge in [0.25, 0.3) is 0 Å². The van der Waals surface area contributed by atoms with Gasteiger partial charge in [-0.25, -0.2) is 0 Å². The molecule has 0 bridgehead atoms. The number of aryl methyl sites for hydroxylation is 1. The zero-order valence-electron chi connectivity index (χ0n) is 12.9. The van der Waals surface area contributed by atoms with Crippen LogP contribution in [0.25, 0.3) is 10.9 Å². The molecule has 21 heavy (non-hydrogen) atoms. The molecular formula is C17H23N3O. The number of nitrogens with zero attached hydrogens (tertiary/aromatic N) is 3. The van der Waals surface area contributed by atoms with E-state index in [4.69, 9.17) is 5.10 Å². The smallest absolute Gasteiger partial charge is 0.138 e. The van der Waals surface area contributed by atoms with Crippen LogP contribution in [-0.4, -0.2) is 33.6 Å². The lowest BCUT2D eigenvalue weighted by atomic mass is 9.94. The first-order chi connectivity index (χ1) is 10.2. The molecule has 2 aromatic rings. The average Bonchev–Trinajstić information content (AvgIpc) is 2.87. The van der Waals surface area contributed by atoms with Gasteiger partial charge in [0.15, 0.2) is 0 Å². The van der Waals surface area contributed by atoms with Gasteiger partial charge in [-0.3, -0.25) is 14.4 Å². The summed E-state index contributed by atoms with van der Waals surface area (Å²) >= 11 is 0. The van der Waals surface area contributed by atoms with Crippen molar-refractivity contribution in [2.45, 2.75) is 39.8 Å². The van der Waals surface area contributed by atoms with Gasteiger partial charge in [0.2, 0.25) is 0 Å². The second-order valence-electron chi connectivity index (χ2n) is 5.84. The Morgan fingerprint density at radius 1 is 1.29 bits per heavy atom. The Balaban J connectivity index is 1.83. The summed E-state index contributed by atoms with van der Waals surface area (Å²) in [6.07, 6.45) is 1.63. The van der Waals surface area contributed by atoms with Crippen molar-refractivity contribution in [3.05, 3.63) is 30.0 Å². The molecule has 1 aromatic carbocycles. The number of benzene rings is 1. The van der Waals surface area contributed by atoms with Crippen molar-refractivity contribution < 1.29 is 4.79 Å². The molecule has 1 unspecified atom stereocenters. The van der Waals surface area contributed by atoms with Crippen LogP contribution in [0.3, 0.4) is 0 Å². The number of carbonyl (C=O) groups is 1. The summed E-state index contributed by atoms with van der Waals surface area (Å²) in [6, 6.07) is 8.41. The maximum Gasteiger partial charge on any atom is 0.138 e. The number of piperidine rings is 1. The molecule has 1 aliphatic rings. The monoisotopic (exact) mass is 285 g/mol. The zero-order valence-corrected chi connectivity index (χ0v) is 12.9. The number of fused-ring (bicyclic) bond motifs is 1. The van der Waals surface area contributed by atoms with Gasteiger partial charge >= 0.3 is 0 Å². The number of rotatable bonds is 4. The van der Waals surface area contributed by atoms with Crippen molar-refractivity contribution in [1.29, 1.82) is 0 Å². The first-order valence-electron chi connectivity index (χ1n) is 7.92. The molecular weight excluding hydrogens is 262 g/mol. The molecule has 0 radical (unpaired) electrons. The third-order valence-corrected chi connectivity index (χ3v) is 4.51. The third-order valence-electron chi connectivity index (χ3n) is 4.51. The topological polar surface area (TPSA) is 38.1 Å². The standard InChI is InChI=1S/C17H23N3O/c1-3-13-11-19(10-9-17(13)21)12-15-14-7-5-6-8-16(14)20(4-2)18-15/h5-8,13H,3-4,9-12H2,1-2H3. The highest BCUT2D eigenvalue weighted by Gasteiger charge is 2.26. The molecule has 4 heteroatoms. The van der Waals surface area contributed by atoms with E-state index in [1.165, 1.54) is 10.9 Å². The molecule has 1 fully saturated rings. The van der Waals surface area contributed by atoms with Crippen molar-refractivity contribution in [1.82, 2.24) is 14.7 Å². The lowest BCUT2D eigenvalue weighted by Gasteiger charge is -2.30. The largest absolute Gasteiger partial charge is 0.299 e. The maximum atomic E-state index is 11.8. The number of ketones is 1. The van der Waals surface area contributed by atoms with Crippen LogP contribution in [0.2, 0.25) is 0 Å². The number of hydrogen-bond acceptors (Lipinski definition) is 3. The van der Waals surface area contributed by atoms with Gasteiger partial charge in [-0.2, -0.15) is 5.10 Å². The van der Waals surface area contributed by atoms with Crippen LogP contribution in [-0.2, 0) is 17.9 Å². The SMILES string of the molecule is CCC1CN(Cc2nn(CC)c3ccccc23)CCC1=O. The minimum atomic E-state index is 0.207. The Morgan fingerprint density at radius 3 is 2.86 bits per heavy atom. The van der Waals surface area contributed by atoms with E-state index in [0.717, 1.165) is 38.3 Å². The van der Waals surface area contributed by atoms with Gasteiger partial charge in [-0.1, -0.05) is 25.1 Å². The van der Waals surface area contributed by atoms with E-state index in [2.05, 4.69) is 47.7 Å². The maximum absolute atomic E-state index is 11.8. The van der Waals surface area contributed by atoms with E-state index < -0.39 is 0 Å². The summed E-state index contributed by atoms with van der Waals surface area (Å²) in [6.45, 7) is 7.70. The molecule has 0 saturated carbocycles. The molecule has 1 atom stereocenters. The normalized spacial score (nSPS) is 20.3. The summed E-state index contributed by atoms with van der Waals surface area (Å²) in [5, 5.41) is 6.00. The molecule has 0 aliphatic carbocycles. The van der Waals surface area contributed by atoms with Crippen molar-refractivity contribution in [2.24, 2.45) is 5.92 Å². The Hall–Kier alpha value is -1.68. The van der Waals surface area contributed by atoms with Crippen LogP contribution in [0.4, 0.5) is 0 Å². The Bertz CT molecular complexity index is 647. The van der Waals surface area contributed by atoms with Gasteiger partial charge in [0, 0.05) is 43.9 Å². The lowest BCUT2D eigenvalue weighted by molar-refractivity contribution is -0.126. The average molecular weight is 285 g/mol. The lowest BCUT2D eigenvalue weighted by Crippen LogP contribution is -2.40. The van der Waals surface area contributed by atoms with Crippen LogP contribution in [0.5, 0.6) is 0 Å². The summed E-state index contributed by atoms with van der Waals surface area (Å²) in [5.41, 5.74) is 2.34. The number of para-hydroxylation sites is 1. The molecule has 112 valence electrons. The molecule has 4 nitrogen and oxygen atoms in total. The first kappa shape index (κ1) is 14.3. The van der Waals surface area contributed by atoms with Gasteiger partial charge in [0.1, 0.15) is 5.78 Å². The second kappa shape index (κ2) is 5.98.